The Morgan fingerprint density at radius 2 is 2.25 bits per heavy atom. The molecule has 0 amide bonds. The Kier molecular flexibility index (Phi) is 2.92. The first-order valence-electron chi connectivity index (χ1n) is 2.64. The van der Waals surface area contributed by atoms with E-state index in [9.17, 15) is 0 Å². The van der Waals surface area contributed by atoms with Crippen LogP contribution in [0.1, 0.15) is 13.8 Å². The minimum absolute atomic E-state index is 0.562. The molecule has 0 heterocycles. The Morgan fingerprint density at radius 3 is 2.38 bits per heavy atom. The summed E-state index contributed by atoms with van der Waals surface area (Å²) in [5, 5.41) is 0. The lowest BCUT2D eigenvalue weighted by molar-refractivity contribution is 1.12. The van der Waals surface area contributed by atoms with Crippen LogP contribution >= 0.6 is 0 Å². The van der Waals surface area contributed by atoms with Gasteiger partial charge in [0.05, 0.1) is 5.71 Å². The van der Waals surface area contributed by atoms with E-state index >= 15 is 0 Å². The SMILES string of the molecule is C=C(N)C(C)=NCC. The topological polar surface area (TPSA) is 38.4 Å². The molecule has 8 heavy (non-hydrogen) atoms. The zero-order valence-corrected chi connectivity index (χ0v) is 5.44. The number of allylic oxidation sites excluding steroid dienone is 1. The van der Waals surface area contributed by atoms with E-state index in [-0.39, 0.29) is 0 Å². The van der Waals surface area contributed by atoms with Crippen molar-refractivity contribution in [2.45, 2.75) is 13.8 Å². The Balaban J connectivity index is 3.80. The molecule has 2 nitrogen and oxygen atoms in total. The zero-order chi connectivity index (χ0) is 6.57. The highest BCUT2D eigenvalue weighted by atomic mass is 14.8. The van der Waals surface area contributed by atoms with Crippen molar-refractivity contribution in [3.05, 3.63) is 12.3 Å². The van der Waals surface area contributed by atoms with Crippen LogP contribution in [0.2, 0.25) is 0 Å². The minimum atomic E-state index is 0.562. The summed E-state index contributed by atoms with van der Waals surface area (Å²) in [6.45, 7) is 8.12. The van der Waals surface area contributed by atoms with E-state index in [1.807, 2.05) is 13.8 Å². The van der Waals surface area contributed by atoms with Crippen molar-refractivity contribution in [1.29, 1.82) is 0 Å². The molecule has 0 aromatic carbocycles. The Bertz CT molecular complexity index is 114. The van der Waals surface area contributed by atoms with Crippen molar-refractivity contribution in [1.82, 2.24) is 0 Å². The maximum Gasteiger partial charge on any atom is 0.0540 e. The molecule has 0 radical (unpaired) electrons. The lowest BCUT2D eigenvalue weighted by Crippen LogP contribution is -2.05. The van der Waals surface area contributed by atoms with Gasteiger partial charge in [0.25, 0.3) is 0 Å². The van der Waals surface area contributed by atoms with Crippen molar-refractivity contribution in [2.75, 3.05) is 6.54 Å². The van der Waals surface area contributed by atoms with E-state index < -0.39 is 0 Å². The van der Waals surface area contributed by atoms with Gasteiger partial charge in [-0.2, -0.15) is 0 Å². The average Bonchev–Trinajstić information content (AvgIpc) is 1.67. The van der Waals surface area contributed by atoms with Crippen molar-refractivity contribution in [3.63, 3.8) is 0 Å². The lowest BCUT2D eigenvalue weighted by atomic mass is 10.3. The summed E-state index contributed by atoms with van der Waals surface area (Å²) in [6, 6.07) is 0. The molecule has 0 atom stereocenters. The number of aliphatic imine (C=N–C) groups is 1. The van der Waals surface area contributed by atoms with Crippen LogP contribution in [0.25, 0.3) is 0 Å². The lowest BCUT2D eigenvalue weighted by Gasteiger charge is -1.93. The molecular formula is C6H12N2. The second-order valence-corrected chi connectivity index (χ2v) is 1.58. The summed E-state index contributed by atoms with van der Waals surface area (Å²) >= 11 is 0. The molecule has 0 aliphatic carbocycles. The second kappa shape index (κ2) is 3.24. The predicted molar refractivity (Wildman–Crippen MR) is 37.0 cm³/mol. The number of rotatable bonds is 2. The fourth-order valence-electron chi connectivity index (χ4n) is 0.339. The first kappa shape index (κ1) is 7.21. The third-order valence-electron chi connectivity index (χ3n) is 0.860. The van der Waals surface area contributed by atoms with Crippen LogP contribution in [-0.4, -0.2) is 12.3 Å². The molecule has 2 N–H and O–H groups in total. The normalized spacial score (nSPS) is 11.5. The quantitative estimate of drug-likeness (QED) is 0.530. The molecule has 0 spiro atoms. The van der Waals surface area contributed by atoms with Gasteiger partial charge in [0, 0.05) is 12.2 Å². The fraction of sp³-hybridized carbons (Fsp3) is 0.500. The predicted octanol–water partition coefficient (Wildman–Crippen LogP) is 0.940. The highest BCUT2D eigenvalue weighted by Gasteiger charge is 1.86. The van der Waals surface area contributed by atoms with Gasteiger partial charge in [-0.3, -0.25) is 4.99 Å². The van der Waals surface area contributed by atoms with Crippen molar-refractivity contribution in [2.24, 2.45) is 10.7 Å². The molecule has 0 unspecified atom stereocenters. The molecule has 0 saturated heterocycles. The van der Waals surface area contributed by atoms with E-state index in [4.69, 9.17) is 5.73 Å². The number of nitrogens with zero attached hydrogens (tertiary/aromatic N) is 1. The maximum absolute atomic E-state index is 5.30. The van der Waals surface area contributed by atoms with Gasteiger partial charge in [-0.1, -0.05) is 6.58 Å². The van der Waals surface area contributed by atoms with E-state index in [0.717, 1.165) is 12.3 Å². The molecule has 0 aliphatic rings. The molecule has 0 aliphatic heterocycles. The van der Waals surface area contributed by atoms with E-state index in [2.05, 4.69) is 11.6 Å². The standard InChI is InChI=1S/C6H12N2/c1-4-8-6(3)5(2)7/h2,4,7H2,1,3H3. The molecule has 0 saturated carbocycles. The van der Waals surface area contributed by atoms with Gasteiger partial charge < -0.3 is 5.73 Å². The van der Waals surface area contributed by atoms with Gasteiger partial charge in [-0.05, 0) is 13.8 Å². The zero-order valence-electron chi connectivity index (χ0n) is 5.44. The summed E-state index contributed by atoms with van der Waals surface area (Å²) in [7, 11) is 0. The van der Waals surface area contributed by atoms with E-state index in [1.165, 1.54) is 0 Å². The van der Waals surface area contributed by atoms with Crippen molar-refractivity contribution < 1.29 is 0 Å². The Labute approximate surface area is 50.1 Å². The third-order valence-corrected chi connectivity index (χ3v) is 0.860. The third kappa shape index (κ3) is 2.39. The van der Waals surface area contributed by atoms with Crippen molar-refractivity contribution >= 4 is 5.71 Å². The van der Waals surface area contributed by atoms with Crippen LogP contribution < -0.4 is 5.73 Å². The van der Waals surface area contributed by atoms with E-state index in [1.54, 1.807) is 0 Å². The van der Waals surface area contributed by atoms with Crippen molar-refractivity contribution in [3.8, 4) is 0 Å². The van der Waals surface area contributed by atoms with Crippen LogP contribution in [0.5, 0.6) is 0 Å². The molecular weight excluding hydrogens is 100 g/mol. The monoisotopic (exact) mass is 112 g/mol. The molecule has 0 aromatic heterocycles. The molecule has 46 valence electrons. The smallest absolute Gasteiger partial charge is 0.0540 e. The van der Waals surface area contributed by atoms with Gasteiger partial charge in [-0.25, -0.2) is 0 Å². The van der Waals surface area contributed by atoms with Gasteiger partial charge in [0.1, 0.15) is 0 Å². The van der Waals surface area contributed by atoms with Crippen LogP contribution in [0, 0.1) is 0 Å². The van der Waals surface area contributed by atoms with Crippen LogP contribution in [0.15, 0.2) is 17.3 Å². The van der Waals surface area contributed by atoms with Gasteiger partial charge >= 0.3 is 0 Å². The van der Waals surface area contributed by atoms with Gasteiger partial charge in [0.15, 0.2) is 0 Å². The summed E-state index contributed by atoms with van der Waals surface area (Å²) < 4.78 is 0. The maximum atomic E-state index is 5.30. The van der Waals surface area contributed by atoms with Gasteiger partial charge in [-0.15, -0.1) is 0 Å². The molecule has 0 rings (SSSR count). The molecule has 0 bridgehead atoms. The first-order chi connectivity index (χ1) is 3.68. The first-order valence-corrected chi connectivity index (χ1v) is 2.64. The highest BCUT2D eigenvalue weighted by molar-refractivity contribution is 5.96. The fourth-order valence-corrected chi connectivity index (χ4v) is 0.339. The minimum Gasteiger partial charge on any atom is -0.398 e. The van der Waals surface area contributed by atoms with E-state index in [0.29, 0.717) is 5.70 Å². The summed E-state index contributed by atoms with van der Waals surface area (Å²) in [5.74, 6) is 0. The number of hydrogen-bond donors (Lipinski definition) is 1. The Morgan fingerprint density at radius 1 is 1.75 bits per heavy atom. The van der Waals surface area contributed by atoms with Crippen LogP contribution in [-0.2, 0) is 0 Å². The summed E-state index contributed by atoms with van der Waals surface area (Å²) in [4.78, 5) is 4.02. The number of hydrogen-bond acceptors (Lipinski definition) is 2. The van der Waals surface area contributed by atoms with Gasteiger partial charge in [0.2, 0.25) is 0 Å². The molecule has 2 heteroatoms. The summed E-state index contributed by atoms with van der Waals surface area (Å²) in [6.07, 6.45) is 0. The molecule has 0 fully saturated rings. The largest absolute Gasteiger partial charge is 0.398 e. The Hall–Kier alpha value is -0.790. The number of nitrogens with two attached hydrogens (primary N) is 1. The molecule has 0 aromatic rings. The second-order valence-electron chi connectivity index (χ2n) is 1.58. The van der Waals surface area contributed by atoms with Crippen LogP contribution in [0.3, 0.4) is 0 Å². The summed E-state index contributed by atoms with van der Waals surface area (Å²) in [5.41, 5.74) is 6.70. The van der Waals surface area contributed by atoms with Crippen LogP contribution in [0.4, 0.5) is 0 Å². The average molecular weight is 112 g/mol. The highest BCUT2D eigenvalue weighted by Crippen LogP contribution is 1.83.